The first-order valence-electron chi connectivity index (χ1n) is 4.54. The highest BCUT2D eigenvalue weighted by molar-refractivity contribution is 6.39. The van der Waals surface area contributed by atoms with Gasteiger partial charge < -0.3 is 10.6 Å². The second-order valence-electron chi connectivity index (χ2n) is 2.91. The van der Waals surface area contributed by atoms with E-state index in [0.29, 0.717) is 5.69 Å². The summed E-state index contributed by atoms with van der Waals surface area (Å²) >= 11 is 5.34. The van der Waals surface area contributed by atoms with E-state index in [0.717, 1.165) is 0 Å². The number of benzene rings is 1. The molecule has 0 unspecified atom stereocenters. The lowest BCUT2D eigenvalue weighted by Gasteiger charge is -2.04. The van der Waals surface area contributed by atoms with Gasteiger partial charge in [-0.3, -0.25) is 9.59 Å². The predicted molar refractivity (Wildman–Crippen MR) is 58.8 cm³/mol. The molecule has 1 aromatic carbocycles. The Morgan fingerprint density at radius 2 is 1.81 bits per heavy atom. The van der Waals surface area contributed by atoms with E-state index in [4.69, 9.17) is 11.6 Å². The maximum atomic E-state index is 12.5. The van der Waals surface area contributed by atoms with Crippen molar-refractivity contribution < 1.29 is 14.0 Å². The molecular weight excluding hydrogens is 235 g/mol. The van der Waals surface area contributed by atoms with Gasteiger partial charge in [-0.1, -0.05) is 0 Å². The normalized spacial score (nSPS) is 9.62. The van der Waals surface area contributed by atoms with Gasteiger partial charge in [0.05, 0.1) is 0 Å². The molecule has 1 aromatic rings. The van der Waals surface area contributed by atoms with Crippen LogP contribution in [0.4, 0.5) is 10.1 Å². The molecule has 2 amide bonds. The summed E-state index contributed by atoms with van der Waals surface area (Å²) < 4.78 is 12.5. The number of hydrogen-bond donors (Lipinski definition) is 2. The fourth-order valence-corrected chi connectivity index (χ4v) is 1.06. The van der Waals surface area contributed by atoms with Crippen molar-refractivity contribution in [2.45, 2.75) is 0 Å². The van der Waals surface area contributed by atoms with Crippen molar-refractivity contribution in [2.75, 3.05) is 17.7 Å². The molecular formula is C10H10ClFN2O2. The van der Waals surface area contributed by atoms with E-state index < -0.39 is 17.6 Å². The fraction of sp³-hybridized carbons (Fsp3) is 0.200. The maximum Gasteiger partial charge on any atom is 0.313 e. The van der Waals surface area contributed by atoms with Crippen LogP contribution in [0, 0.1) is 5.82 Å². The summed E-state index contributed by atoms with van der Waals surface area (Å²) in [6, 6.07) is 5.10. The van der Waals surface area contributed by atoms with Crippen molar-refractivity contribution in [3.8, 4) is 0 Å². The summed E-state index contributed by atoms with van der Waals surface area (Å²) in [5.41, 5.74) is 0.354. The van der Waals surface area contributed by atoms with Crippen molar-refractivity contribution >= 4 is 29.1 Å². The average Bonchev–Trinajstić information content (AvgIpc) is 2.29. The van der Waals surface area contributed by atoms with E-state index in [1.807, 2.05) is 0 Å². The van der Waals surface area contributed by atoms with Crippen molar-refractivity contribution in [2.24, 2.45) is 0 Å². The number of carbonyl (C=O) groups excluding carboxylic acids is 2. The first kappa shape index (κ1) is 12.4. The highest BCUT2D eigenvalue weighted by Gasteiger charge is 2.12. The molecule has 2 N–H and O–H groups in total. The summed E-state index contributed by atoms with van der Waals surface area (Å²) in [7, 11) is 0. The molecule has 0 aromatic heterocycles. The predicted octanol–water partition coefficient (Wildman–Crippen LogP) is 1.12. The summed E-state index contributed by atoms with van der Waals surface area (Å²) in [4.78, 5) is 22.4. The molecule has 16 heavy (non-hydrogen) atoms. The monoisotopic (exact) mass is 244 g/mol. The van der Waals surface area contributed by atoms with Gasteiger partial charge in [-0.25, -0.2) is 4.39 Å². The van der Waals surface area contributed by atoms with Gasteiger partial charge >= 0.3 is 11.8 Å². The van der Waals surface area contributed by atoms with Gasteiger partial charge in [0.1, 0.15) is 5.82 Å². The van der Waals surface area contributed by atoms with Gasteiger partial charge in [0.15, 0.2) is 0 Å². The molecule has 0 spiro atoms. The largest absolute Gasteiger partial charge is 0.347 e. The molecule has 86 valence electrons. The Kier molecular flexibility index (Phi) is 4.72. The van der Waals surface area contributed by atoms with Crippen LogP contribution in [0.3, 0.4) is 0 Å². The van der Waals surface area contributed by atoms with E-state index in [2.05, 4.69) is 10.6 Å². The number of halogens is 2. The highest BCUT2D eigenvalue weighted by Crippen LogP contribution is 2.07. The van der Waals surface area contributed by atoms with Crippen molar-refractivity contribution in [3.05, 3.63) is 30.1 Å². The number of alkyl halides is 1. The SMILES string of the molecule is O=C(NCCCl)C(=O)Nc1ccc(F)cc1. The van der Waals surface area contributed by atoms with Gasteiger partial charge in [0.2, 0.25) is 0 Å². The number of anilines is 1. The zero-order chi connectivity index (χ0) is 12.0. The lowest BCUT2D eigenvalue weighted by Crippen LogP contribution is -2.36. The van der Waals surface area contributed by atoms with E-state index >= 15 is 0 Å². The van der Waals surface area contributed by atoms with Crippen LogP contribution in [0.2, 0.25) is 0 Å². The smallest absolute Gasteiger partial charge is 0.313 e. The van der Waals surface area contributed by atoms with Crippen LogP contribution in [-0.2, 0) is 9.59 Å². The highest BCUT2D eigenvalue weighted by atomic mass is 35.5. The van der Waals surface area contributed by atoms with Crippen molar-refractivity contribution in [1.29, 1.82) is 0 Å². The molecule has 6 heteroatoms. The Morgan fingerprint density at radius 1 is 1.19 bits per heavy atom. The van der Waals surface area contributed by atoms with Crippen molar-refractivity contribution in [1.82, 2.24) is 5.32 Å². The van der Waals surface area contributed by atoms with E-state index in [1.165, 1.54) is 24.3 Å². The zero-order valence-corrected chi connectivity index (χ0v) is 9.05. The summed E-state index contributed by atoms with van der Waals surface area (Å²) in [6.45, 7) is 0.219. The first-order chi connectivity index (χ1) is 7.63. The molecule has 0 atom stereocenters. The topological polar surface area (TPSA) is 58.2 Å². The number of carbonyl (C=O) groups is 2. The molecule has 0 aliphatic carbocycles. The first-order valence-corrected chi connectivity index (χ1v) is 5.07. The maximum absolute atomic E-state index is 12.5. The zero-order valence-electron chi connectivity index (χ0n) is 8.30. The van der Waals surface area contributed by atoms with Crippen LogP contribution in [0.15, 0.2) is 24.3 Å². The molecule has 0 saturated heterocycles. The minimum Gasteiger partial charge on any atom is -0.347 e. The molecule has 0 fully saturated rings. The third kappa shape index (κ3) is 3.86. The van der Waals surface area contributed by atoms with E-state index in [9.17, 15) is 14.0 Å². The molecule has 0 saturated carbocycles. The summed E-state index contributed by atoms with van der Waals surface area (Å²) in [6.07, 6.45) is 0. The minimum absolute atomic E-state index is 0.219. The standard InChI is InChI=1S/C10H10ClFN2O2/c11-5-6-13-9(15)10(16)14-8-3-1-7(12)2-4-8/h1-4H,5-6H2,(H,13,15)(H,14,16). The number of amides is 2. The van der Waals surface area contributed by atoms with Gasteiger partial charge in [-0.2, -0.15) is 0 Å². The molecule has 4 nitrogen and oxygen atoms in total. The van der Waals surface area contributed by atoms with Crippen LogP contribution >= 0.6 is 11.6 Å². The van der Waals surface area contributed by atoms with Crippen LogP contribution < -0.4 is 10.6 Å². The quantitative estimate of drug-likeness (QED) is 0.618. The Hall–Kier alpha value is -1.62. The molecule has 0 bridgehead atoms. The third-order valence-corrected chi connectivity index (χ3v) is 1.88. The van der Waals surface area contributed by atoms with Crippen LogP contribution in [-0.4, -0.2) is 24.2 Å². The Bertz CT molecular complexity index is 381. The Labute approximate surface area is 96.8 Å². The molecule has 0 heterocycles. The fourth-order valence-electron chi connectivity index (χ4n) is 0.962. The molecule has 1 rings (SSSR count). The van der Waals surface area contributed by atoms with Gasteiger partial charge in [-0.05, 0) is 24.3 Å². The van der Waals surface area contributed by atoms with Gasteiger partial charge in [-0.15, -0.1) is 11.6 Å². The van der Waals surface area contributed by atoms with Gasteiger partial charge in [0, 0.05) is 18.1 Å². The Morgan fingerprint density at radius 3 is 2.38 bits per heavy atom. The van der Waals surface area contributed by atoms with Crippen LogP contribution in [0.5, 0.6) is 0 Å². The van der Waals surface area contributed by atoms with Crippen LogP contribution in [0.1, 0.15) is 0 Å². The lowest BCUT2D eigenvalue weighted by atomic mass is 10.3. The summed E-state index contributed by atoms with van der Waals surface area (Å²) in [5, 5.41) is 4.62. The lowest BCUT2D eigenvalue weighted by molar-refractivity contribution is -0.136. The number of rotatable bonds is 3. The second-order valence-corrected chi connectivity index (χ2v) is 3.28. The minimum atomic E-state index is -0.809. The van der Waals surface area contributed by atoms with Crippen molar-refractivity contribution in [3.63, 3.8) is 0 Å². The van der Waals surface area contributed by atoms with E-state index in [1.54, 1.807) is 0 Å². The van der Waals surface area contributed by atoms with Gasteiger partial charge in [0.25, 0.3) is 0 Å². The average molecular weight is 245 g/mol. The number of hydrogen-bond acceptors (Lipinski definition) is 2. The van der Waals surface area contributed by atoms with Crippen LogP contribution in [0.25, 0.3) is 0 Å². The second kappa shape index (κ2) is 6.07. The molecule has 0 aliphatic heterocycles. The number of nitrogens with one attached hydrogen (secondary N) is 2. The Balaban J connectivity index is 2.51. The summed E-state index contributed by atoms with van der Waals surface area (Å²) in [5.74, 6) is -1.76. The molecule has 0 aliphatic rings. The third-order valence-electron chi connectivity index (χ3n) is 1.69. The molecule has 0 radical (unpaired) electrons. The van der Waals surface area contributed by atoms with E-state index in [-0.39, 0.29) is 12.4 Å².